The van der Waals surface area contributed by atoms with Crippen LogP contribution in [0.3, 0.4) is 0 Å². The number of amides is 2. The third-order valence-corrected chi connectivity index (χ3v) is 16.0. The lowest BCUT2D eigenvalue weighted by Crippen LogP contribution is -2.59. The van der Waals surface area contributed by atoms with Crippen LogP contribution in [0.15, 0.2) is 0 Å². The van der Waals surface area contributed by atoms with Gasteiger partial charge >= 0.3 is 0 Å². The zero-order valence-electron chi connectivity index (χ0n) is 54.7. The first kappa shape index (κ1) is 83.0. The SMILES string of the molecule is COCC1OC(OCCCCC(=O)CCCCCC(=O)CCOCC(C)(COCCC(=O)CCCCCC(=O)CCCCOC2OC(COC)C(O)C(O)C2O)COCCC(=O)NCCCNC(=O)CCCCOC2OC(COC)C(O)C(O)C2O)C(O)C(O)C1O. The summed E-state index contributed by atoms with van der Waals surface area (Å²) < 4.78 is 66.2. The minimum absolute atomic E-state index is 0.00119. The van der Waals surface area contributed by atoms with Gasteiger partial charge in [-0.25, -0.2) is 0 Å². The molecule has 3 aliphatic heterocycles. The van der Waals surface area contributed by atoms with E-state index in [1.165, 1.54) is 21.3 Å². The molecule has 3 aliphatic rings. The number of hydrogen-bond acceptors (Lipinski definition) is 27. The summed E-state index contributed by atoms with van der Waals surface area (Å²) in [6, 6.07) is 0. The van der Waals surface area contributed by atoms with E-state index in [1.54, 1.807) is 0 Å². The molecule has 0 aliphatic carbocycles. The number of aliphatic hydroxyl groups excluding tert-OH is 9. The van der Waals surface area contributed by atoms with Crippen molar-refractivity contribution in [3.8, 4) is 0 Å². The largest absolute Gasteiger partial charge is 0.387 e. The number of ether oxygens (including phenoxy) is 12. The molecule has 92 heavy (non-hydrogen) atoms. The predicted octanol–water partition coefficient (Wildman–Crippen LogP) is -0.0646. The number of methoxy groups -OCH3 is 3. The number of unbranched alkanes of at least 4 members (excludes halogenated alkanes) is 7. The van der Waals surface area contributed by atoms with Crippen molar-refractivity contribution in [1.29, 1.82) is 0 Å². The smallest absolute Gasteiger partial charge is 0.222 e. The topological polar surface area (TPSA) is 419 Å². The van der Waals surface area contributed by atoms with E-state index in [0.717, 1.165) is 0 Å². The second-order valence-corrected chi connectivity index (χ2v) is 24.4. The molecule has 2 amide bonds. The van der Waals surface area contributed by atoms with Crippen LogP contribution in [0.2, 0.25) is 0 Å². The summed E-state index contributed by atoms with van der Waals surface area (Å²) in [5.41, 5.74) is -0.705. The lowest BCUT2D eigenvalue weighted by molar-refractivity contribution is -0.302. The third kappa shape index (κ3) is 33.6. The second-order valence-electron chi connectivity index (χ2n) is 24.4. The van der Waals surface area contributed by atoms with Gasteiger partial charge in [0.1, 0.15) is 96.4 Å². The predicted molar refractivity (Wildman–Crippen MR) is 326 cm³/mol. The van der Waals surface area contributed by atoms with E-state index in [2.05, 4.69) is 10.6 Å². The summed E-state index contributed by atoms with van der Waals surface area (Å²) in [7, 11) is 4.26. The van der Waals surface area contributed by atoms with Crippen molar-refractivity contribution in [3.05, 3.63) is 0 Å². The summed E-state index contributed by atoms with van der Waals surface area (Å²) >= 11 is 0. The monoisotopic (exact) mass is 1330 g/mol. The number of ketones is 4. The molecule has 0 radical (unpaired) electrons. The normalized spacial score (nSPS) is 27.3. The van der Waals surface area contributed by atoms with Gasteiger partial charge in [-0.1, -0.05) is 19.8 Å². The fraction of sp³-hybridized carbons (Fsp3) is 0.905. The van der Waals surface area contributed by atoms with Crippen LogP contribution in [0.5, 0.6) is 0 Å². The number of carbonyl (C=O) groups is 6. The van der Waals surface area contributed by atoms with Crippen molar-refractivity contribution in [2.24, 2.45) is 5.41 Å². The Morgan fingerprint density at radius 2 is 0.620 bits per heavy atom. The van der Waals surface area contributed by atoms with Crippen LogP contribution in [-0.2, 0) is 85.6 Å². The molecule has 0 spiro atoms. The molecule has 11 N–H and O–H groups in total. The maximum atomic E-state index is 12.8. The van der Waals surface area contributed by atoms with Crippen molar-refractivity contribution in [2.75, 3.05) is 114 Å². The summed E-state index contributed by atoms with van der Waals surface area (Å²) in [4.78, 5) is 75.6. The Balaban J connectivity index is 1.30. The molecule has 3 heterocycles. The Bertz CT molecular complexity index is 1810. The molecule has 15 atom stereocenters. The van der Waals surface area contributed by atoms with Crippen molar-refractivity contribution in [1.82, 2.24) is 10.6 Å². The number of nitrogens with one attached hydrogen (secondary N) is 2. The zero-order valence-corrected chi connectivity index (χ0v) is 54.7. The van der Waals surface area contributed by atoms with Gasteiger partial charge in [-0.15, -0.1) is 0 Å². The highest BCUT2D eigenvalue weighted by molar-refractivity contribution is 5.80. The molecule has 536 valence electrons. The average Bonchev–Trinajstić information content (AvgIpc) is 0.870. The van der Waals surface area contributed by atoms with Gasteiger partial charge in [-0.05, 0) is 70.6 Å². The molecule has 0 aromatic rings. The molecule has 3 saturated heterocycles. The number of rotatable bonds is 55. The van der Waals surface area contributed by atoms with Gasteiger partial charge in [0.2, 0.25) is 11.8 Å². The zero-order chi connectivity index (χ0) is 67.7. The van der Waals surface area contributed by atoms with Crippen LogP contribution in [0.4, 0.5) is 0 Å². The molecule has 29 heteroatoms. The quantitative estimate of drug-likeness (QED) is 0.0355. The second kappa shape index (κ2) is 48.5. The molecule has 15 unspecified atom stereocenters. The lowest BCUT2D eigenvalue weighted by atomic mass is 9.94. The van der Waals surface area contributed by atoms with Crippen LogP contribution in [-0.4, -0.2) is 287 Å². The van der Waals surface area contributed by atoms with Gasteiger partial charge in [0.15, 0.2) is 18.9 Å². The Morgan fingerprint density at radius 1 is 0.337 bits per heavy atom. The van der Waals surface area contributed by atoms with Crippen molar-refractivity contribution < 1.29 is 132 Å². The van der Waals surface area contributed by atoms with Gasteiger partial charge in [0.25, 0.3) is 0 Å². The molecule has 0 saturated carbocycles. The molecule has 3 fully saturated rings. The first-order valence-corrected chi connectivity index (χ1v) is 32.9. The molecule has 0 aromatic carbocycles. The Labute approximate surface area is 541 Å². The number of carbonyl (C=O) groups excluding carboxylic acids is 6. The van der Waals surface area contributed by atoms with E-state index >= 15 is 0 Å². The highest BCUT2D eigenvalue weighted by Crippen LogP contribution is 2.26. The minimum Gasteiger partial charge on any atom is -0.387 e. The van der Waals surface area contributed by atoms with Crippen LogP contribution in [0, 0.1) is 5.41 Å². The third-order valence-electron chi connectivity index (χ3n) is 16.0. The summed E-state index contributed by atoms with van der Waals surface area (Å²) in [6.45, 7) is 3.98. The summed E-state index contributed by atoms with van der Waals surface area (Å²) in [6.07, 6.45) is -8.25. The minimum atomic E-state index is -1.46. The molecule has 3 rings (SSSR count). The highest BCUT2D eigenvalue weighted by atomic mass is 16.7. The lowest BCUT2D eigenvalue weighted by Gasteiger charge is -2.40. The van der Waals surface area contributed by atoms with Gasteiger partial charge in [0, 0.05) is 124 Å². The van der Waals surface area contributed by atoms with Gasteiger partial charge in [-0.2, -0.15) is 0 Å². The van der Waals surface area contributed by atoms with E-state index in [1.807, 2.05) is 6.92 Å². The van der Waals surface area contributed by atoms with Crippen molar-refractivity contribution >= 4 is 34.9 Å². The highest BCUT2D eigenvalue weighted by Gasteiger charge is 2.46. The summed E-state index contributed by atoms with van der Waals surface area (Å²) in [5.74, 6) is -0.184. The van der Waals surface area contributed by atoms with Crippen LogP contribution in [0.25, 0.3) is 0 Å². The Morgan fingerprint density at radius 3 is 0.946 bits per heavy atom. The van der Waals surface area contributed by atoms with Gasteiger partial charge in [-0.3, -0.25) is 28.8 Å². The van der Waals surface area contributed by atoms with Gasteiger partial charge < -0.3 is 113 Å². The van der Waals surface area contributed by atoms with E-state index in [4.69, 9.17) is 56.8 Å². The fourth-order valence-electron chi connectivity index (χ4n) is 10.4. The number of aliphatic hydroxyl groups is 9. The van der Waals surface area contributed by atoms with E-state index < -0.39 is 97.5 Å². The maximum absolute atomic E-state index is 12.8. The first-order chi connectivity index (χ1) is 44.1. The fourth-order valence-corrected chi connectivity index (χ4v) is 10.4. The molecule has 0 bridgehead atoms. The van der Waals surface area contributed by atoms with E-state index in [0.29, 0.717) is 135 Å². The van der Waals surface area contributed by atoms with Crippen LogP contribution >= 0.6 is 0 Å². The number of hydrogen-bond donors (Lipinski definition) is 11. The molecule has 0 aromatic heterocycles. The first-order valence-electron chi connectivity index (χ1n) is 32.9. The van der Waals surface area contributed by atoms with Crippen molar-refractivity contribution in [2.45, 2.75) is 247 Å². The number of Topliss-reactive ketones (excluding diaryl/α,β-unsaturated/α-hetero) is 4. The molecular weight excluding hydrogens is 1220 g/mol. The van der Waals surface area contributed by atoms with Crippen LogP contribution in [0.1, 0.15) is 155 Å². The average molecular weight is 1330 g/mol. The van der Waals surface area contributed by atoms with Crippen molar-refractivity contribution in [3.63, 3.8) is 0 Å². The Kier molecular flexibility index (Phi) is 43.7. The molecule has 29 nitrogen and oxygen atoms in total. The Hall–Kier alpha value is -3.22. The summed E-state index contributed by atoms with van der Waals surface area (Å²) in [5, 5.41) is 96.8. The standard InChI is InChI=1S/C63H112N2O27/c1-63(39-84-33-25-44(68)20-9-5-7-18-42(66)22-11-14-30-87-60-57(78)54(75)51(72)46(90-60)36-81-2,40-85-34-26-45(69)21-10-6-8-19-43(67)23-12-15-31-88-61-58(79)55(76)52(73)47(91-61)37-82-3)41-86-35-27-50(71)65-29-17-28-64-49(70)24-13-16-32-89-62-59(80)56(77)53(74)48(92-62)38-83-4/h46-48,51-62,72-80H,5-41H2,1-4H3,(H,64,70)(H,65,71). The van der Waals surface area contributed by atoms with Crippen LogP contribution < -0.4 is 10.6 Å². The molecular formula is C63H112N2O27. The maximum Gasteiger partial charge on any atom is 0.222 e. The van der Waals surface area contributed by atoms with E-state index in [9.17, 15) is 74.7 Å². The van der Waals surface area contributed by atoms with Gasteiger partial charge in [0.05, 0.1) is 59.5 Å². The van der Waals surface area contributed by atoms with E-state index in [-0.39, 0.29) is 140 Å².